The summed E-state index contributed by atoms with van der Waals surface area (Å²) in [5, 5.41) is 3.52. The highest BCUT2D eigenvalue weighted by atomic mass is 79.9. The van der Waals surface area contributed by atoms with Crippen LogP contribution >= 0.6 is 15.9 Å². The van der Waals surface area contributed by atoms with E-state index in [0.717, 1.165) is 38.8 Å². The summed E-state index contributed by atoms with van der Waals surface area (Å²) in [5.74, 6) is -0.362. The average Bonchev–Trinajstić information content (AvgIpc) is 2.89. The number of nitrogens with zero attached hydrogens (tertiary/aromatic N) is 1. The molecule has 0 aliphatic carbocycles. The van der Waals surface area contributed by atoms with Gasteiger partial charge in [0, 0.05) is 27.8 Å². The standard InChI is InChI=1S/C21H19BrN2O2/c1-11-5-4-6-12(2)18(11)23-21(26)17-10-24-13(3)7-14-8-15(22)9-16(19(14)24)20(17)25/h4-6,8-10,13H,7H2,1-3H3,(H,23,26)/t13-/m0/s1. The van der Waals surface area contributed by atoms with Crippen LogP contribution in [0.1, 0.15) is 40.0 Å². The molecule has 2 aromatic carbocycles. The minimum absolute atomic E-state index is 0.179. The molecule has 0 spiro atoms. The van der Waals surface area contributed by atoms with Crippen molar-refractivity contribution in [3.05, 3.63) is 73.5 Å². The van der Waals surface area contributed by atoms with Crippen molar-refractivity contribution in [1.82, 2.24) is 4.57 Å². The minimum Gasteiger partial charge on any atom is -0.343 e. The Morgan fingerprint density at radius 2 is 1.92 bits per heavy atom. The zero-order valence-electron chi connectivity index (χ0n) is 14.9. The van der Waals surface area contributed by atoms with Crippen molar-refractivity contribution in [2.24, 2.45) is 0 Å². The normalized spacial score (nSPS) is 15.5. The maximum absolute atomic E-state index is 13.0. The van der Waals surface area contributed by atoms with E-state index in [1.54, 1.807) is 6.20 Å². The first-order chi connectivity index (χ1) is 12.4. The van der Waals surface area contributed by atoms with Gasteiger partial charge in [0.1, 0.15) is 5.56 Å². The molecule has 1 N–H and O–H groups in total. The lowest BCUT2D eigenvalue weighted by Crippen LogP contribution is -2.24. The minimum atomic E-state index is -0.362. The number of amides is 1. The Balaban J connectivity index is 1.87. The van der Waals surface area contributed by atoms with Gasteiger partial charge in [0.25, 0.3) is 5.91 Å². The van der Waals surface area contributed by atoms with Crippen LogP contribution in [0.3, 0.4) is 0 Å². The molecule has 26 heavy (non-hydrogen) atoms. The Morgan fingerprint density at radius 1 is 1.23 bits per heavy atom. The number of aromatic nitrogens is 1. The van der Waals surface area contributed by atoms with Crippen molar-refractivity contribution in [2.45, 2.75) is 33.2 Å². The van der Waals surface area contributed by atoms with E-state index in [1.165, 1.54) is 0 Å². The summed E-state index contributed by atoms with van der Waals surface area (Å²) in [6.45, 7) is 5.99. The Hall–Kier alpha value is -2.40. The predicted octanol–water partition coefficient (Wildman–Crippen LogP) is 4.75. The van der Waals surface area contributed by atoms with Gasteiger partial charge in [-0.3, -0.25) is 9.59 Å². The third-order valence-corrected chi connectivity index (χ3v) is 5.58. The fourth-order valence-corrected chi connectivity index (χ4v) is 4.32. The maximum Gasteiger partial charge on any atom is 0.261 e. The molecular weight excluding hydrogens is 392 g/mol. The summed E-state index contributed by atoms with van der Waals surface area (Å²) in [7, 11) is 0. The van der Waals surface area contributed by atoms with Gasteiger partial charge < -0.3 is 9.88 Å². The van der Waals surface area contributed by atoms with E-state index in [4.69, 9.17) is 0 Å². The molecule has 3 aromatic rings. The Labute approximate surface area is 160 Å². The van der Waals surface area contributed by atoms with Crippen LogP contribution in [0.25, 0.3) is 10.9 Å². The van der Waals surface area contributed by atoms with E-state index >= 15 is 0 Å². The molecule has 0 bridgehead atoms. The second-order valence-corrected chi connectivity index (χ2v) is 7.93. The number of anilines is 1. The summed E-state index contributed by atoms with van der Waals surface area (Å²) in [4.78, 5) is 25.9. The van der Waals surface area contributed by atoms with Crippen LogP contribution in [0.4, 0.5) is 5.69 Å². The molecule has 1 amide bonds. The van der Waals surface area contributed by atoms with Crippen LogP contribution in [-0.2, 0) is 6.42 Å². The number of aryl methyl sites for hydroxylation is 2. The molecule has 5 heteroatoms. The third-order valence-electron chi connectivity index (χ3n) is 5.12. The maximum atomic E-state index is 13.0. The summed E-state index contributed by atoms with van der Waals surface area (Å²) in [6, 6.07) is 9.92. The number of hydrogen-bond acceptors (Lipinski definition) is 2. The molecule has 0 saturated carbocycles. The number of pyridine rings is 1. The largest absolute Gasteiger partial charge is 0.343 e. The van der Waals surface area contributed by atoms with E-state index in [9.17, 15) is 9.59 Å². The predicted molar refractivity (Wildman–Crippen MR) is 108 cm³/mol. The number of nitrogens with one attached hydrogen (secondary N) is 1. The van der Waals surface area contributed by atoms with Gasteiger partial charge in [-0.2, -0.15) is 0 Å². The molecule has 0 radical (unpaired) electrons. The first-order valence-electron chi connectivity index (χ1n) is 8.61. The molecule has 132 valence electrons. The van der Waals surface area contributed by atoms with E-state index in [1.807, 2.05) is 38.1 Å². The van der Waals surface area contributed by atoms with Gasteiger partial charge in [-0.25, -0.2) is 0 Å². The first-order valence-corrected chi connectivity index (χ1v) is 9.41. The number of para-hydroxylation sites is 1. The van der Waals surface area contributed by atoms with Gasteiger partial charge >= 0.3 is 0 Å². The van der Waals surface area contributed by atoms with Crippen LogP contribution < -0.4 is 10.7 Å². The lowest BCUT2D eigenvalue weighted by molar-refractivity contribution is 0.102. The topological polar surface area (TPSA) is 51.1 Å². The number of carbonyl (C=O) groups is 1. The molecule has 4 rings (SSSR count). The zero-order valence-corrected chi connectivity index (χ0v) is 16.5. The van der Waals surface area contributed by atoms with Crippen molar-refractivity contribution in [1.29, 1.82) is 0 Å². The Bertz CT molecular complexity index is 1110. The number of carbonyl (C=O) groups excluding carboxylic acids is 1. The molecule has 1 aliphatic heterocycles. The molecule has 4 nitrogen and oxygen atoms in total. The molecular formula is C21H19BrN2O2. The van der Waals surface area contributed by atoms with Gasteiger partial charge in [0.05, 0.1) is 5.52 Å². The van der Waals surface area contributed by atoms with Crippen LogP contribution in [0.5, 0.6) is 0 Å². The SMILES string of the molecule is Cc1cccc(C)c1NC(=O)c1cn2c3c(cc(Br)cc3c1=O)C[C@@H]2C. The highest BCUT2D eigenvalue weighted by Gasteiger charge is 2.25. The molecule has 1 atom stereocenters. The lowest BCUT2D eigenvalue weighted by Gasteiger charge is -2.14. The number of hydrogen-bond donors (Lipinski definition) is 1. The number of rotatable bonds is 2. The van der Waals surface area contributed by atoms with Crippen molar-refractivity contribution in [3.8, 4) is 0 Å². The quantitative estimate of drug-likeness (QED) is 0.662. The molecule has 0 saturated heterocycles. The van der Waals surface area contributed by atoms with Crippen LogP contribution in [0.2, 0.25) is 0 Å². The monoisotopic (exact) mass is 410 g/mol. The summed E-state index contributed by atoms with van der Waals surface area (Å²) in [5.41, 5.74) is 4.75. The molecule has 0 fully saturated rings. The van der Waals surface area contributed by atoms with Gasteiger partial charge in [0.15, 0.2) is 0 Å². The summed E-state index contributed by atoms with van der Waals surface area (Å²) >= 11 is 3.49. The van der Waals surface area contributed by atoms with Crippen LogP contribution in [-0.4, -0.2) is 10.5 Å². The van der Waals surface area contributed by atoms with E-state index in [2.05, 4.69) is 38.8 Å². The van der Waals surface area contributed by atoms with Gasteiger partial charge in [-0.15, -0.1) is 0 Å². The third kappa shape index (κ3) is 2.58. The smallest absolute Gasteiger partial charge is 0.261 e. The molecule has 1 aliphatic rings. The lowest BCUT2D eigenvalue weighted by atomic mass is 10.1. The second kappa shape index (κ2) is 6.09. The van der Waals surface area contributed by atoms with Crippen LogP contribution in [0.15, 0.2) is 45.8 Å². The van der Waals surface area contributed by atoms with Gasteiger partial charge in [-0.05, 0) is 56.0 Å². The van der Waals surface area contributed by atoms with Gasteiger partial charge in [-0.1, -0.05) is 34.1 Å². The highest BCUT2D eigenvalue weighted by molar-refractivity contribution is 9.10. The first kappa shape index (κ1) is 17.0. The summed E-state index contributed by atoms with van der Waals surface area (Å²) in [6.07, 6.45) is 2.57. The molecule has 1 aromatic heterocycles. The van der Waals surface area contributed by atoms with Crippen molar-refractivity contribution in [3.63, 3.8) is 0 Å². The van der Waals surface area contributed by atoms with Crippen molar-refractivity contribution < 1.29 is 4.79 Å². The number of halogens is 1. The highest BCUT2D eigenvalue weighted by Crippen LogP contribution is 2.33. The van der Waals surface area contributed by atoms with Crippen molar-refractivity contribution in [2.75, 3.05) is 5.32 Å². The Kier molecular flexibility index (Phi) is 3.99. The summed E-state index contributed by atoms with van der Waals surface area (Å²) < 4.78 is 2.92. The molecule has 0 unspecified atom stereocenters. The van der Waals surface area contributed by atoms with E-state index in [-0.39, 0.29) is 22.9 Å². The number of benzene rings is 2. The zero-order chi connectivity index (χ0) is 18.6. The van der Waals surface area contributed by atoms with Gasteiger partial charge in [0.2, 0.25) is 5.43 Å². The fraction of sp³-hybridized carbons (Fsp3) is 0.238. The van der Waals surface area contributed by atoms with E-state index < -0.39 is 0 Å². The average molecular weight is 411 g/mol. The van der Waals surface area contributed by atoms with E-state index in [0.29, 0.717) is 5.39 Å². The molecule has 2 heterocycles. The van der Waals surface area contributed by atoms with Crippen LogP contribution in [0, 0.1) is 13.8 Å². The fourth-order valence-electron chi connectivity index (χ4n) is 3.82. The second-order valence-electron chi connectivity index (χ2n) is 7.01. The van der Waals surface area contributed by atoms with Crippen molar-refractivity contribution >= 4 is 38.4 Å². The Morgan fingerprint density at radius 3 is 2.62 bits per heavy atom.